The molecule has 6 nitrogen and oxygen atoms in total. The summed E-state index contributed by atoms with van der Waals surface area (Å²) in [7, 11) is 0. The molecule has 1 N–H and O–H groups in total. The predicted molar refractivity (Wildman–Crippen MR) is 119 cm³/mol. The highest BCUT2D eigenvalue weighted by atomic mass is 32.1. The fourth-order valence-electron chi connectivity index (χ4n) is 2.96. The van der Waals surface area contributed by atoms with Crippen LogP contribution >= 0.6 is 22.7 Å². The third-order valence-electron chi connectivity index (χ3n) is 4.95. The number of carbonyl (C=O) groups is 2. The number of nitrogens with zero attached hydrogens (tertiary/aromatic N) is 3. The minimum Gasteiger partial charge on any atom is -0.292 e. The SMILES string of the molecule is CC(C)C(=O)N/N=C(/CCCCCC(=O)c1nc(-c2nccs2)sc1C1CC1)C(F)(F)F. The second kappa shape index (κ2) is 10.7. The lowest BCUT2D eigenvalue weighted by Crippen LogP contribution is -2.30. The lowest BCUT2D eigenvalue weighted by atomic mass is 10.1. The van der Waals surface area contributed by atoms with E-state index in [1.54, 1.807) is 20.0 Å². The van der Waals surface area contributed by atoms with Gasteiger partial charge in [-0.3, -0.25) is 9.59 Å². The molecule has 32 heavy (non-hydrogen) atoms. The number of thiazole rings is 2. The molecule has 3 rings (SSSR count). The number of alkyl halides is 3. The first-order chi connectivity index (χ1) is 15.2. The Kier molecular flexibility index (Phi) is 8.16. The maximum atomic E-state index is 13.1. The molecular formula is C21H25F3N4O2S2. The van der Waals surface area contributed by atoms with Crippen molar-refractivity contribution >= 4 is 40.1 Å². The number of hydrogen-bond acceptors (Lipinski definition) is 7. The van der Waals surface area contributed by atoms with Crippen LogP contribution in [0.1, 0.15) is 80.1 Å². The van der Waals surface area contributed by atoms with E-state index in [0.29, 0.717) is 24.5 Å². The van der Waals surface area contributed by atoms with Crippen LogP contribution in [0.5, 0.6) is 0 Å². The average Bonchev–Trinajstić information content (AvgIpc) is 3.24. The van der Waals surface area contributed by atoms with Crippen LogP contribution in [0.2, 0.25) is 0 Å². The van der Waals surface area contributed by atoms with Crippen LogP contribution in [-0.2, 0) is 4.79 Å². The molecule has 1 saturated carbocycles. The summed E-state index contributed by atoms with van der Waals surface area (Å²) >= 11 is 2.99. The zero-order valence-corrected chi connectivity index (χ0v) is 19.5. The van der Waals surface area contributed by atoms with Crippen LogP contribution in [0.4, 0.5) is 13.2 Å². The highest BCUT2D eigenvalue weighted by molar-refractivity contribution is 7.20. The Bertz CT molecular complexity index is 964. The Morgan fingerprint density at radius 3 is 2.50 bits per heavy atom. The van der Waals surface area contributed by atoms with Gasteiger partial charge in [0, 0.05) is 28.8 Å². The van der Waals surface area contributed by atoms with Crippen molar-refractivity contribution in [2.24, 2.45) is 11.0 Å². The fourth-order valence-corrected chi connectivity index (χ4v) is 4.89. The largest absolute Gasteiger partial charge is 0.431 e. The van der Waals surface area contributed by atoms with E-state index in [1.807, 2.05) is 10.8 Å². The summed E-state index contributed by atoms with van der Waals surface area (Å²) in [5, 5.41) is 6.68. The van der Waals surface area contributed by atoms with E-state index >= 15 is 0 Å². The van der Waals surface area contributed by atoms with Gasteiger partial charge in [0.15, 0.2) is 15.8 Å². The van der Waals surface area contributed by atoms with Gasteiger partial charge in [-0.15, -0.1) is 22.7 Å². The van der Waals surface area contributed by atoms with Gasteiger partial charge < -0.3 is 0 Å². The van der Waals surface area contributed by atoms with E-state index < -0.39 is 23.7 Å². The Balaban J connectivity index is 1.51. The van der Waals surface area contributed by atoms with Gasteiger partial charge in [0.1, 0.15) is 11.4 Å². The van der Waals surface area contributed by atoms with Crippen molar-refractivity contribution in [3.63, 3.8) is 0 Å². The molecule has 1 amide bonds. The number of aromatic nitrogens is 2. The molecule has 2 heterocycles. The maximum absolute atomic E-state index is 13.1. The normalized spacial score (nSPS) is 14.8. The summed E-state index contributed by atoms with van der Waals surface area (Å²) in [6, 6.07) is 0. The molecule has 0 unspecified atom stereocenters. The molecule has 0 bridgehead atoms. The molecule has 1 aliphatic carbocycles. The number of hydrogen-bond donors (Lipinski definition) is 1. The van der Waals surface area contributed by atoms with Gasteiger partial charge in [-0.1, -0.05) is 20.3 Å². The van der Waals surface area contributed by atoms with Crippen molar-refractivity contribution in [1.82, 2.24) is 15.4 Å². The molecule has 2 aromatic heterocycles. The Hall–Kier alpha value is -2.14. The number of unbranched alkanes of at least 4 members (excludes halogenated alkanes) is 2. The van der Waals surface area contributed by atoms with Gasteiger partial charge in [-0.25, -0.2) is 15.4 Å². The molecule has 0 aromatic carbocycles. The lowest BCUT2D eigenvalue weighted by Gasteiger charge is -2.11. The van der Waals surface area contributed by atoms with Crippen LogP contribution in [0.25, 0.3) is 10.0 Å². The first-order valence-electron chi connectivity index (χ1n) is 10.5. The van der Waals surface area contributed by atoms with Crippen LogP contribution in [0.3, 0.4) is 0 Å². The van der Waals surface area contributed by atoms with Crippen molar-refractivity contribution in [2.45, 2.75) is 70.9 Å². The molecule has 1 aliphatic rings. The van der Waals surface area contributed by atoms with E-state index in [2.05, 4.69) is 15.1 Å². The van der Waals surface area contributed by atoms with Gasteiger partial charge in [0.25, 0.3) is 0 Å². The third-order valence-corrected chi connectivity index (χ3v) is 7.08. The summed E-state index contributed by atoms with van der Waals surface area (Å²) in [4.78, 5) is 34.0. The molecule has 0 atom stereocenters. The molecule has 0 aliphatic heterocycles. The second-order valence-corrected chi connectivity index (χ2v) is 9.94. The second-order valence-electron chi connectivity index (χ2n) is 8.01. The van der Waals surface area contributed by atoms with Crippen molar-refractivity contribution in [1.29, 1.82) is 0 Å². The highest BCUT2D eigenvalue weighted by Crippen LogP contribution is 2.46. The first-order valence-corrected chi connectivity index (χ1v) is 12.2. The van der Waals surface area contributed by atoms with E-state index in [-0.39, 0.29) is 25.0 Å². The molecule has 1 fully saturated rings. The molecule has 0 radical (unpaired) electrons. The summed E-state index contributed by atoms with van der Waals surface area (Å²) < 4.78 is 39.4. The van der Waals surface area contributed by atoms with Gasteiger partial charge >= 0.3 is 6.18 Å². The Morgan fingerprint density at radius 2 is 1.91 bits per heavy atom. The van der Waals surface area contributed by atoms with E-state index in [4.69, 9.17) is 0 Å². The number of Topliss-reactive ketones (excluding diaryl/α,β-unsaturated/α-hetero) is 1. The number of halogens is 3. The number of amides is 1. The molecule has 0 spiro atoms. The topological polar surface area (TPSA) is 84.3 Å². The minimum atomic E-state index is -4.61. The Labute approximate surface area is 192 Å². The summed E-state index contributed by atoms with van der Waals surface area (Å²) in [6.45, 7) is 3.15. The summed E-state index contributed by atoms with van der Waals surface area (Å²) in [5.74, 6) is -0.711. The van der Waals surface area contributed by atoms with Crippen molar-refractivity contribution in [3.8, 4) is 10.0 Å². The average molecular weight is 487 g/mol. The molecule has 174 valence electrons. The number of hydrazone groups is 1. The fraction of sp³-hybridized carbons (Fsp3) is 0.571. The molecule has 11 heteroatoms. The van der Waals surface area contributed by atoms with Gasteiger partial charge in [-0.2, -0.15) is 18.3 Å². The van der Waals surface area contributed by atoms with Crippen LogP contribution in [0.15, 0.2) is 16.7 Å². The summed E-state index contributed by atoms with van der Waals surface area (Å²) in [5.41, 5.74) is 1.45. The number of rotatable bonds is 11. The maximum Gasteiger partial charge on any atom is 0.431 e. The van der Waals surface area contributed by atoms with Gasteiger partial charge in [0.05, 0.1) is 0 Å². The van der Waals surface area contributed by atoms with Gasteiger partial charge in [0.2, 0.25) is 5.91 Å². The zero-order chi connectivity index (χ0) is 23.3. The lowest BCUT2D eigenvalue weighted by molar-refractivity contribution is -0.124. The summed E-state index contributed by atoms with van der Waals surface area (Å²) in [6.07, 6.45) is 0.257. The van der Waals surface area contributed by atoms with Gasteiger partial charge in [-0.05, 0) is 38.0 Å². The van der Waals surface area contributed by atoms with E-state index in [1.165, 1.54) is 22.7 Å². The zero-order valence-electron chi connectivity index (χ0n) is 17.9. The smallest absolute Gasteiger partial charge is 0.292 e. The highest BCUT2D eigenvalue weighted by Gasteiger charge is 2.35. The van der Waals surface area contributed by atoms with Crippen LogP contribution in [0, 0.1) is 5.92 Å². The van der Waals surface area contributed by atoms with Crippen molar-refractivity contribution in [2.75, 3.05) is 0 Å². The van der Waals surface area contributed by atoms with E-state index in [9.17, 15) is 22.8 Å². The number of nitrogens with one attached hydrogen (secondary N) is 1. The first kappa shape index (κ1) is 24.5. The third kappa shape index (κ3) is 6.68. The van der Waals surface area contributed by atoms with Crippen LogP contribution < -0.4 is 5.43 Å². The molecule has 0 saturated heterocycles. The molecule has 2 aromatic rings. The predicted octanol–water partition coefficient (Wildman–Crippen LogP) is 5.97. The number of ketones is 1. The number of carbonyl (C=O) groups excluding carboxylic acids is 2. The monoisotopic (exact) mass is 486 g/mol. The van der Waals surface area contributed by atoms with Crippen molar-refractivity contribution in [3.05, 3.63) is 22.1 Å². The van der Waals surface area contributed by atoms with Crippen LogP contribution in [-0.4, -0.2) is 33.5 Å². The minimum absolute atomic E-state index is 0.0696. The van der Waals surface area contributed by atoms with Crippen molar-refractivity contribution < 1.29 is 22.8 Å². The van der Waals surface area contributed by atoms with E-state index in [0.717, 1.165) is 27.7 Å². The quantitative estimate of drug-likeness (QED) is 0.184. The molecular weight excluding hydrogens is 461 g/mol. The standard InChI is InChI=1S/C21H25F3N4O2S2/c1-12(2)18(30)28-27-15(21(22,23)24)7-5-3-4-6-14(29)16-17(13-8-9-13)32-20(26-16)19-25-10-11-31-19/h10-13H,3-9H2,1-2H3,(H,28,30)/b27-15-. The Morgan fingerprint density at radius 1 is 1.19 bits per heavy atom.